The van der Waals surface area contributed by atoms with E-state index < -0.39 is 0 Å². The van der Waals surface area contributed by atoms with Crippen LogP contribution in [0.2, 0.25) is 0 Å². The van der Waals surface area contributed by atoms with Gasteiger partial charge in [0.1, 0.15) is 0 Å². The number of ether oxygens (including phenoxy) is 2. The van der Waals surface area contributed by atoms with Gasteiger partial charge >= 0.3 is 6.09 Å². The van der Waals surface area contributed by atoms with Crippen LogP contribution in [0.15, 0.2) is 5.16 Å². The summed E-state index contributed by atoms with van der Waals surface area (Å²) in [7, 11) is 0. The third-order valence-corrected chi connectivity index (χ3v) is 6.28. The molecule has 2 saturated heterocycles. The molecule has 1 atom stereocenters. The molecule has 156 valence electrons. The second-order valence-electron chi connectivity index (χ2n) is 7.17. The molecule has 3 heterocycles. The van der Waals surface area contributed by atoms with Crippen molar-refractivity contribution in [3.05, 3.63) is 11.4 Å². The number of piperazine rings is 1. The fraction of sp³-hybridized carbons (Fsp3) is 0.737. The van der Waals surface area contributed by atoms with Crippen LogP contribution < -0.4 is 0 Å². The van der Waals surface area contributed by atoms with Crippen molar-refractivity contribution in [2.45, 2.75) is 51.4 Å². The van der Waals surface area contributed by atoms with Gasteiger partial charge in [-0.15, -0.1) is 0 Å². The van der Waals surface area contributed by atoms with Gasteiger partial charge in [0.25, 0.3) is 0 Å². The molecule has 1 unspecified atom stereocenters. The van der Waals surface area contributed by atoms with Crippen molar-refractivity contribution in [2.75, 3.05) is 45.1 Å². The van der Waals surface area contributed by atoms with Gasteiger partial charge in [-0.2, -0.15) is 0 Å². The van der Waals surface area contributed by atoms with Crippen molar-refractivity contribution < 1.29 is 19.1 Å². The molecule has 2 fully saturated rings. The predicted molar refractivity (Wildman–Crippen MR) is 107 cm³/mol. The van der Waals surface area contributed by atoms with E-state index in [4.69, 9.17) is 9.47 Å². The SMILES string of the molecule is CCOC(=O)N1CCN(C(=O)CSc2nc(C)c(C)n2CC2CCCO2)CC1. The number of carbonyl (C=O) groups is 2. The topological polar surface area (TPSA) is 76.9 Å². The Morgan fingerprint density at radius 3 is 2.57 bits per heavy atom. The minimum atomic E-state index is -0.300. The molecule has 0 N–H and O–H groups in total. The highest BCUT2D eigenvalue weighted by Crippen LogP contribution is 2.24. The maximum Gasteiger partial charge on any atom is 0.409 e. The number of hydrogen-bond donors (Lipinski definition) is 0. The smallest absolute Gasteiger partial charge is 0.409 e. The molecule has 8 nitrogen and oxygen atoms in total. The Labute approximate surface area is 170 Å². The van der Waals surface area contributed by atoms with Gasteiger partial charge in [0.2, 0.25) is 5.91 Å². The first kappa shape index (κ1) is 21.0. The molecule has 3 rings (SSSR count). The quantitative estimate of drug-likeness (QED) is 0.668. The maximum atomic E-state index is 12.6. The van der Waals surface area contributed by atoms with E-state index in [2.05, 4.69) is 16.5 Å². The summed E-state index contributed by atoms with van der Waals surface area (Å²) in [4.78, 5) is 32.5. The number of aryl methyl sites for hydroxylation is 1. The number of thioether (sulfide) groups is 1. The zero-order valence-electron chi connectivity index (χ0n) is 17.0. The minimum Gasteiger partial charge on any atom is -0.450 e. The fourth-order valence-electron chi connectivity index (χ4n) is 3.51. The van der Waals surface area contributed by atoms with Crippen molar-refractivity contribution in [1.29, 1.82) is 0 Å². The summed E-state index contributed by atoms with van der Waals surface area (Å²) in [6.45, 7) is 9.97. The summed E-state index contributed by atoms with van der Waals surface area (Å²) in [6.07, 6.45) is 2.12. The summed E-state index contributed by atoms with van der Waals surface area (Å²) in [5, 5.41) is 0.879. The zero-order valence-corrected chi connectivity index (χ0v) is 17.8. The van der Waals surface area contributed by atoms with Crippen LogP contribution >= 0.6 is 11.8 Å². The number of rotatable bonds is 6. The van der Waals surface area contributed by atoms with Crippen molar-refractivity contribution in [3.8, 4) is 0 Å². The monoisotopic (exact) mass is 410 g/mol. The highest BCUT2D eigenvalue weighted by molar-refractivity contribution is 7.99. The Morgan fingerprint density at radius 1 is 1.21 bits per heavy atom. The van der Waals surface area contributed by atoms with Crippen molar-refractivity contribution >= 4 is 23.8 Å². The zero-order chi connectivity index (χ0) is 20.1. The molecule has 2 aliphatic rings. The molecule has 2 amide bonds. The van der Waals surface area contributed by atoms with E-state index in [1.54, 1.807) is 11.8 Å². The van der Waals surface area contributed by atoms with Gasteiger partial charge in [-0.25, -0.2) is 9.78 Å². The summed E-state index contributed by atoms with van der Waals surface area (Å²) in [5.41, 5.74) is 2.13. The van der Waals surface area contributed by atoms with Gasteiger partial charge in [-0.1, -0.05) is 11.8 Å². The van der Waals surface area contributed by atoms with Crippen LogP contribution in [0.4, 0.5) is 4.79 Å². The first-order chi connectivity index (χ1) is 13.5. The third-order valence-electron chi connectivity index (χ3n) is 5.32. The number of aromatic nitrogens is 2. The van der Waals surface area contributed by atoms with Gasteiger partial charge in [-0.05, 0) is 33.6 Å². The Balaban J connectivity index is 1.52. The molecule has 0 aliphatic carbocycles. The van der Waals surface area contributed by atoms with Gasteiger partial charge in [-0.3, -0.25) is 4.79 Å². The van der Waals surface area contributed by atoms with Gasteiger partial charge in [0, 0.05) is 38.5 Å². The van der Waals surface area contributed by atoms with E-state index in [1.165, 1.54) is 11.8 Å². The van der Waals surface area contributed by atoms with Crippen LogP contribution in [-0.4, -0.2) is 82.6 Å². The average molecular weight is 411 g/mol. The maximum absolute atomic E-state index is 12.6. The second-order valence-corrected chi connectivity index (χ2v) is 8.11. The predicted octanol–water partition coefficient (Wildman–Crippen LogP) is 2.07. The van der Waals surface area contributed by atoms with Crippen LogP contribution in [0, 0.1) is 13.8 Å². The summed E-state index contributed by atoms with van der Waals surface area (Å²) >= 11 is 1.48. The van der Waals surface area contributed by atoms with Crippen LogP contribution in [0.25, 0.3) is 0 Å². The molecule has 0 saturated carbocycles. The van der Waals surface area contributed by atoms with Gasteiger partial charge in [0.15, 0.2) is 5.16 Å². The minimum absolute atomic E-state index is 0.0791. The van der Waals surface area contributed by atoms with Gasteiger partial charge < -0.3 is 23.8 Å². The molecule has 28 heavy (non-hydrogen) atoms. The lowest BCUT2D eigenvalue weighted by Crippen LogP contribution is -2.51. The summed E-state index contributed by atoms with van der Waals surface area (Å²) < 4.78 is 13.0. The van der Waals surface area contributed by atoms with Crippen molar-refractivity contribution in [2.24, 2.45) is 0 Å². The fourth-order valence-corrected chi connectivity index (χ4v) is 4.52. The Morgan fingerprint density at radius 2 is 1.93 bits per heavy atom. The first-order valence-corrected chi connectivity index (χ1v) is 11.0. The molecule has 0 spiro atoms. The molecule has 0 aromatic carbocycles. The average Bonchev–Trinajstić information content (AvgIpc) is 3.30. The largest absolute Gasteiger partial charge is 0.450 e. The van der Waals surface area contributed by atoms with Crippen LogP contribution in [-0.2, 0) is 20.8 Å². The Hall–Kier alpha value is -1.74. The van der Waals surface area contributed by atoms with E-state index in [-0.39, 0.29) is 18.1 Å². The molecular formula is C19H30N4O4S. The van der Waals surface area contributed by atoms with E-state index in [1.807, 2.05) is 11.8 Å². The molecule has 2 aliphatic heterocycles. The lowest BCUT2D eigenvalue weighted by atomic mass is 10.2. The first-order valence-electron chi connectivity index (χ1n) is 9.97. The number of carbonyl (C=O) groups excluding carboxylic acids is 2. The Bertz CT molecular complexity index is 694. The highest BCUT2D eigenvalue weighted by atomic mass is 32.2. The Kier molecular flexibility index (Phi) is 7.23. The van der Waals surface area contributed by atoms with Gasteiger partial charge in [0.05, 0.1) is 30.7 Å². The summed E-state index contributed by atoms with van der Waals surface area (Å²) in [6, 6.07) is 0. The number of nitrogens with zero attached hydrogens (tertiary/aromatic N) is 4. The van der Waals surface area contributed by atoms with Crippen LogP contribution in [0.3, 0.4) is 0 Å². The van der Waals surface area contributed by atoms with Crippen LogP contribution in [0.5, 0.6) is 0 Å². The molecule has 0 bridgehead atoms. The number of hydrogen-bond acceptors (Lipinski definition) is 6. The molecule has 0 radical (unpaired) electrons. The lowest BCUT2D eigenvalue weighted by Gasteiger charge is -2.34. The molecular weight excluding hydrogens is 380 g/mol. The van der Waals surface area contributed by atoms with Crippen LogP contribution in [0.1, 0.15) is 31.2 Å². The molecule has 1 aromatic rings. The number of amides is 2. The third kappa shape index (κ3) is 5.00. The van der Waals surface area contributed by atoms with E-state index >= 15 is 0 Å². The highest BCUT2D eigenvalue weighted by Gasteiger charge is 2.26. The van der Waals surface area contributed by atoms with E-state index in [0.717, 1.165) is 42.5 Å². The molecule has 1 aromatic heterocycles. The normalized spacial score (nSPS) is 19.9. The number of imidazole rings is 1. The van der Waals surface area contributed by atoms with Crippen molar-refractivity contribution in [1.82, 2.24) is 19.4 Å². The van der Waals surface area contributed by atoms with Crippen molar-refractivity contribution in [3.63, 3.8) is 0 Å². The standard InChI is InChI=1S/C19H30N4O4S/c1-4-26-19(25)22-9-7-21(8-10-22)17(24)13-28-18-20-14(2)15(3)23(18)12-16-6-5-11-27-16/h16H,4-13H2,1-3H3. The summed E-state index contributed by atoms with van der Waals surface area (Å²) in [5.74, 6) is 0.427. The molecule has 9 heteroatoms. The second kappa shape index (κ2) is 9.65. The van der Waals surface area contributed by atoms with E-state index in [0.29, 0.717) is 38.5 Å². The van der Waals surface area contributed by atoms with E-state index in [9.17, 15) is 9.59 Å². The lowest BCUT2D eigenvalue weighted by molar-refractivity contribution is -0.129.